The van der Waals surface area contributed by atoms with Gasteiger partial charge >= 0.3 is 12.1 Å². The molecule has 4 N–H and O–H groups in total. The number of benzene rings is 2. The maximum absolute atomic E-state index is 13.2. The minimum atomic E-state index is -1.59. The molecule has 194 valence electrons. The number of carboxylic acid groups (broad SMARTS) is 1. The molecule has 1 saturated heterocycles. The number of carbonyl (C=O) groups is 5. The first kappa shape index (κ1) is 27.7. The SMILES string of the molecule is O=CSC1C(NC(=O)C(NC(=O)OCc2ccccc2)c2ccccc2)C(=O)N1C(C(=O)O)=C(O)CBr. The van der Waals surface area contributed by atoms with Crippen LogP contribution in [0.15, 0.2) is 72.1 Å². The number of halogens is 1. The van der Waals surface area contributed by atoms with Gasteiger partial charge in [0.25, 0.3) is 5.91 Å². The maximum atomic E-state index is 13.2. The molecule has 0 radical (unpaired) electrons. The van der Waals surface area contributed by atoms with Crippen LogP contribution in [0, 0.1) is 0 Å². The molecular formula is C24H22BrN3O8S. The number of likely N-dealkylation sites (tertiary alicyclic amines) is 1. The average Bonchev–Trinajstić information content (AvgIpc) is 2.91. The summed E-state index contributed by atoms with van der Waals surface area (Å²) in [6.07, 6.45) is -0.883. The second-order valence-corrected chi connectivity index (χ2v) is 9.11. The van der Waals surface area contributed by atoms with Gasteiger partial charge in [-0.2, -0.15) is 0 Å². The van der Waals surface area contributed by atoms with Gasteiger partial charge in [-0.25, -0.2) is 9.59 Å². The largest absolute Gasteiger partial charge is 0.509 e. The van der Waals surface area contributed by atoms with E-state index in [4.69, 9.17) is 4.74 Å². The van der Waals surface area contributed by atoms with Crippen molar-refractivity contribution in [2.24, 2.45) is 0 Å². The van der Waals surface area contributed by atoms with E-state index in [2.05, 4.69) is 26.6 Å². The lowest BCUT2D eigenvalue weighted by atomic mass is 10.0. The third kappa shape index (κ3) is 6.68. The number of thioether (sulfide) groups is 1. The molecule has 13 heteroatoms. The van der Waals surface area contributed by atoms with Crippen LogP contribution in [-0.4, -0.2) is 61.4 Å². The minimum absolute atomic E-state index is 0.0364. The fourth-order valence-electron chi connectivity index (χ4n) is 3.52. The predicted octanol–water partition coefficient (Wildman–Crippen LogP) is 2.48. The molecule has 37 heavy (non-hydrogen) atoms. The molecule has 0 bridgehead atoms. The van der Waals surface area contributed by atoms with E-state index in [-0.39, 0.29) is 11.9 Å². The molecule has 3 amide bonds. The van der Waals surface area contributed by atoms with E-state index in [1.54, 1.807) is 54.6 Å². The Hall–Kier alpha value is -3.84. The Morgan fingerprint density at radius 3 is 2.27 bits per heavy atom. The predicted molar refractivity (Wildman–Crippen MR) is 137 cm³/mol. The molecule has 1 fully saturated rings. The van der Waals surface area contributed by atoms with Gasteiger partial charge in [-0.05, 0) is 11.1 Å². The van der Waals surface area contributed by atoms with Crippen LogP contribution in [0.25, 0.3) is 0 Å². The molecule has 0 saturated carbocycles. The highest BCUT2D eigenvalue weighted by molar-refractivity contribution is 9.09. The van der Waals surface area contributed by atoms with E-state index in [1.807, 2.05) is 6.07 Å². The van der Waals surface area contributed by atoms with E-state index in [1.165, 1.54) is 0 Å². The molecule has 0 aromatic heterocycles. The number of β-lactam (4-membered cyclic amide) rings is 1. The van der Waals surface area contributed by atoms with Crippen molar-refractivity contribution in [2.75, 3.05) is 5.33 Å². The fourth-order valence-corrected chi connectivity index (χ4v) is 4.58. The monoisotopic (exact) mass is 591 g/mol. The molecular weight excluding hydrogens is 570 g/mol. The summed E-state index contributed by atoms with van der Waals surface area (Å²) in [4.78, 5) is 62.1. The number of nitrogens with one attached hydrogen (secondary N) is 2. The first-order valence-corrected chi connectivity index (χ1v) is 12.8. The summed E-state index contributed by atoms with van der Waals surface area (Å²) < 4.78 is 5.21. The molecule has 11 nitrogen and oxygen atoms in total. The van der Waals surface area contributed by atoms with Gasteiger partial charge in [-0.3, -0.25) is 19.3 Å². The molecule has 2 aromatic carbocycles. The Labute approximate surface area is 224 Å². The third-order valence-electron chi connectivity index (χ3n) is 5.25. The first-order valence-electron chi connectivity index (χ1n) is 10.7. The molecule has 0 aliphatic carbocycles. The van der Waals surface area contributed by atoms with Crippen LogP contribution in [0.1, 0.15) is 17.2 Å². The van der Waals surface area contributed by atoms with E-state index in [9.17, 15) is 34.2 Å². The lowest BCUT2D eigenvalue weighted by Gasteiger charge is -2.45. The zero-order chi connectivity index (χ0) is 26.9. The van der Waals surface area contributed by atoms with E-state index in [0.717, 1.165) is 10.5 Å². The molecule has 1 heterocycles. The number of hydrogen-bond acceptors (Lipinski definition) is 8. The second kappa shape index (κ2) is 12.9. The zero-order valence-electron chi connectivity index (χ0n) is 19.1. The van der Waals surface area contributed by atoms with Crippen LogP contribution in [-0.2, 0) is 30.5 Å². The summed E-state index contributed by atoms with van der Waals surface area (Å²) in [6, 6.07) is 14.6. The Kier molecular flexibility index (Phi) is 9.69. The molecule has 0 spiro atoms. The fraction of sp³-hybridized carbons (Fsp3) is 0.208. The van der Waals surface area contributed by atoms with Crippen molar-refractivity contribution < 1.29 is 38.9 Å². The van der Waals surface area contributed by atoms with Gasteiger partial charge in [0.2, 0.25) is 5.91 Å². The molecule has 3 unspecified atom stereocenters. The van der Waals surface area contributed by atoms with Crippen molar-refractivity contribution in [2.45, 2.75) is 24.1 Å². The summed E-state index contributed by atoms with van der Waals surface area (Å²) >= 11 is 3.48. The minimum Gasteiger partial charge on any atom is -0.509 e. The van der Waals surface area contributed by atoms with Crippen LogP contribution in [0.4, 0.5) is 4.79 Å². The van der Waals surface area contributed by atoms with E-state index < -0.39 is 52.8 Å². The van der Waals surface area contributed by atoms with Crippen molar-refractivity contribution in [3.63, 3.8) is 0 Å². The number of hydrogen-bond donors (Lipinski definition) is 4. The number of amides is 3. The summed E-state index contributed by atoms with van der Waals surface area (Å²) in [5.41, 5.74) is 0.806. The van der Waals surface area contributed by atoms with Crippen LogP contribution >= 0.6 is 27.7 Å². The van der Waals surface area contributed by atoms with E-state index >= 15 is 0 Å². The van der Waals surface area contributed by atoms with Gasteiger partial charge < -0.3 is 25.6 Å². The van der Waals surface area contributed by atoms with Crippen molar-refractivity contribution in [3.8, 4) is 0 Å². The van der Waals surface area contributed by atoms with Gasteiger partial charge in [0.05, 0.1) is 5.33 Å². The van der Waals surface area contributed by atoms with Crippen LogP contribution in [0.5, 0.6) is 0 Å². The van der Waals surface area contributed by atoms with Gasteiger partial charge in [0, 0.05) is 0 Å². The summed E-state index contributed by atoms with van der Waals surface area (Å²) in [5.74, 6) is -3.86. The lowest BCUT2D eigenvalue weighted by Crippen LogP contribution is -2.70. The number of nitrogens with zero attached hydrogens (tertiary/aromatic N) is 1. The highest BCUT2D eigenvalue weighted by Gasteiger charge is 2.53. The van der Waals surface area contributed by atoms with Crippen LogP contribution in [0.3, 0.4) is 0 Å². The Balaban J connectivity index is 1.77. The van der Waals surface area contributed by atoms with Crippen molar-refractivity contribution in [3.05, 3.63) is 83.2 Å². The summed E-state index contributed by atoms with van der Waals surface area (Å²) in [7, 11) is 0. The summed E-state index contributed by atoms with van der Waals surface area (Å²) in [6.45, 7) is -0.0364. The highest BCUT2D eigenvalue weighted by atomic mass is 79.9. The van der Waals surface area contributed by atoms with Gasteiger partial charge in [-0.15, -0.1) is 0 Å². The molecule has 3 rings (SSSR count). The highest BCUT2D eigenvalue weighted by Crippen LogP contribution is 2.34. The third-order valence-corrected chi connectivity index (χ3v) is 6.65. The second-order valence-electron chi connectivity index (χ2n) is 7.60. The average molecular weight is 592 g/mol. The molecule has 1 aliphatic rings. The van der Waals surface area contributed by atoms with Gasteiger partial charge in [-0.1, -0.05) is 88.4 Å². The summed E-state index contributed by atoms with van der Waals surface area (Å²) in [5, 5.41) is 23.0. The first-order chi connectivity index (χ1) is 17.8. The Bertz CT molecular complexity index is 1190. The van der Waals surface area contributed by atoms with Crippen molar-refractivity contribution in [1.29, 1.82) is 0 Å². The number of aliphatic hydroxyl groups is 1. The number of carbonyl (C=O) groups excluding carboxylic acids is 4. The van der Waals surface area contributed by atoms with Crippen molar-refractivity contribution in [1.82, 2.24) is 15.5 Å². The van der Waals surface area contributed by atoms with Crippen LogP contribution in [0.2, 0.25) is 0 Å². The van der Waals surface area contributed by atoms with E-state index in [0.29, 0.717) is 22.9 Å². The quantitative estimate of drug-likeness (QED) is 0.101. The number of carboxylic acids is 1. The number of rotatable bonds is 11. The normalized spacial score (nSPS) is 18.1. The maximum Gasteiger partial charge on any atom is 0.408 e. The smallest absolute Gasteiger partial charge is 0.408 e. The Morgan fingerprint density at radius 2 is 1.70 bits per heavy atom. The van der Waals surface area contributed by atoms with Crippen LogP contribution < -0.4 is 10.6 Å². The lowest BCUT2D eigenvalue weighted by molar-refractivity contribution is -0.151. The standard InChI is InChI=1S/C24H22BrN3O8S/c25-11-16(30)19(23(33)34)28-21(32)18(22(28)37-13-29)26-20(31)17(15-9-5-2-6-10-15)27-24(35)36-12-14-7-3-1-4-8-14/h1-10,13,17-18,22,30H,11-12H2,(H,26,31)(H,27,35)(H,33,34). The number of allylic oxidation sites excluding steroid dienone is 1. The number of alkyl halides is 1. The number of alkyl carbamates (subject to hydrolysis) is 1. The zero-order valence-corrected chi connectivity index (χ0v) is 21.5. The van der Waals surface area contributed by atoms with Gasteiger partial charge in [0.1, 0.15) is 29.8 Å². The topological polar surface area (TPSA) is 162 Å². The number of aliphatic hydroxyl groups excluding tert-OH is 1. The molecule has 1 aliphatic heterocycles. The number of ether oxygens (including phenoxy) is 1. The van der Waals surface area contributed by atoms with Gasteiger partial charge in [0.15, 0.2) is 11.3 Å². The van der Waals surface area contributed by atoms with Crippen molar-refractivity contribution >= 4 is 57.2 Å². The molecule has 2 aromatic rings. The number of aliphatic carboxylic acids is 1. The Morgan fingerprint density at radius 1 is 1.08 bits per heavy atom. The molecule has 3 atom stereocenters.